The first-order valence-electron chi connectivity index (χ1n) is 15.3. The summed E-state index contributed by atoms with van der Waals surface area (Å²) in [5, 5.41) is 14.6. The van der Waals surface area contributed by atoms with Gasteiger partial charge in [-0.1, -0.05) is 71.9 Å². The molecule has 2 heterocycles. The Balaban J connectivity index is 0.000000900. The van der Waals surface area contributed by atoms with Gasteiger partial charge in [-0.3, -0.25) is 14.1 Å². The third-order valence-electron chi connectivity index (χ3n) is 8.41. The van der Waals surface area contributed by atoms with E-state index in [9.17, 15) is 37.3 Å². The third kappa shape index (κ3) is 9.53. The number of rotatable bonds is 13. The number of carboxylic acid groups (broad SMARTS) is 1. The molecule has 45 heavy (non-hydrogen) atoms. The van der Waals surface area contributed by atoms with E-state index in [1.807, 2.05) is 30.3 Å². The fourth-order valence-corrected chi connectivity index (χ4v) is 6.63. The Labute approximate surface area is 266 Å². The molecule has 0 aliphatic carbocycles. The average molecular weight is 656 g/mol. The van der Waals surface area contributed by atoms with Gasteiger partial charge in [0.1, 0.15) is 18.2 Å². The van der Waals surface area contributed by atoms with Crippen LogP contribution in [0.3, 0.4) is 0 Å². The first kappa shape index (κ1) is 37.8. The van der Waals surface area contributed by atoms with Crippen molar-refractivity contribution in [3.8, 4) is 0 Å². The highest BCUT2D eigenvalue weighted by atomic mass is 32.2. The highest BCUT2D eigenvalue weighted by Gasteiger charge is 2.63. The summed E-state index contributed by atoms with van der Waals surface area (Å²) in [6.45, 7) is 15.6. The van der Waals surface area contributed by atoms with E-state index < -0.39 is 57.3 Å². The Morgan fingerprint density at radius 3 is 2.13 bits per heavy atom. The molecule has 3 atom stereocenters. The van der Waals surface area contributed by atoms with Gasteiger partial charge in [0.15, 0.2) is 0 Å². The quantitative estimate of drug-likeness (QED) is 0.140. The lowest BCUT2D eigenvalue weighted by Crippen LogP contribution is -2.72. The number of nitrogens with zero attached hydrogens (tertiary/aromatic N) is 3. The molecule has 2 aliphatic heterocycles. The van der Waals surface area contributed by atoms with Crippen LogP contribution in [-0.4, -0.2) is 107 Å². The second-order valence-corrected chi connectivity index (χ2v) is 13.4. The zero-order valence-electron chi connectivity index (χ0n) is 27.1. The number of ether oxygens (including phenoxy) is 1. The lowest BCUT2D eigenvalue weighted by molar-refractivity contribution is -0.157. The molecule has 4 amide bonds. The Hall–Kier alpha value is -3.43. The molecule has 2 aliphatic rings. The number of amides is 4. The molecule has 0 saturated carbocycles. The van der Waals surface area contributed by atoms with Gasteiger partial charge in [0.2, 0.25) is 5.91 Å². The molecular weight excluding hydrogens is 606 g/mol. The van der Waals surface area contributed by atoms with Gasteiger partial charge in [0.25, 0.3) is 5.91 Å². The van der Waals surface area contributed by atoms with Crippen molar-refractivity contribution in [1.29, 1.82) is 0 Å². The van der Waals surface area contributed by atoms with Crippen LogP contribution in [0.25, 0.3) is 0 Å². The molecule has 2 fully saturated rings. The van der Waals surface area contributed by atoms with E-state index in [0.29, 0.717) is 17.1 Å². The normalized spacial score (nSPS) is 19.1. The van der Waals surface area contributed by atoms with E-state index in [0.717, 1.165) is 5.56 Å². The minimum atomic E-state index is -4.76. The summed E-state index contributed by atoms with van der Waals surface area (Å²) in [6.07, 6.45) is -1.09. The lowest BCUT2D eigenvalue weighted by Gasteiger charge is -2.48. The first-order chi connectivity index (χ1) is 21.0. The predicted octanol–water partition coefficient (Wildman–Crippen LogP) is 3.10. The van der Waals surface area contributed by atoms with Crippen molar-refractivity contribution < 1.29 is 42.0 Å². The smallest absolute Gasteiger partial charge is 0.407 e. The van der Waals surface area contributed by atoms with Crippen molar-refractivity contribution in [1.82, 2.24) is 24.7 Å². The molecule has 1 aromatic rings. The number of carbonyl (C=O) groups excluding carboxylic acids is 3. The van der Waals surface area contributed by atoms with Crippen LogP contribution < -0.4 is 10.6 Å². The van der Waals surface area contributed by atoms with Crippen molar-refractivity contribution in [2.45, 2.75) is 91.5 Å². The second-order valence-electron chi connectivity index (χ2n) is 12.1. The first-order valence-corrected chi connectivity index (χ1v) is 16.7. The van der Waals surface area contributed by atoms with Crippen LogP contribution in [0.15, 0.2) is 30.3 Å². The standard InChI is InChI=1S/C24H34N4O9S.C6H15N/c1-23(2,3)24(26-21(31)32,12-7-8-13-25-22(33)37-15-16-9-5-4-6-10-16)20(30)27-14-11-17-18(27)19(29)28(17)38(34,35)36;1-4-7(5-2)6-3/h4-6,9-10,17-18,26H,7-8,11-15H2,1-3H3,(H,25,33)(H,31,32)(H,34,35,36);4-6H2,1-3H3/t17-,18+,24-;/m1./s1. The van der Waals surface area contributed by atoms with E-state index in [-0.39, 0.29) is 32.5 Å². The van der Waals surface area contributed by atoms with E-state index in [1.165, 1.54) is 24.5 Å². The van der Waals surface area contributed by atoms with Gasteiger partial charge in [-0.2, -0.15) is 8.42 Å². The number of fused-ring (bicyclic) bond motifs is 1. The second kappa shape index (κ2) is 16.2. The van der Waals surface area contributed by atoms with Gasteiger partial charge in [-0.05, 0) is 56.3 Å². The summed E-state index contributed by atoms with van der Waals surface area (Å²) in [6, 6.07) is 7.18. The van der Waals surface area contributed by atoms with Gasteiger partial charge in [-0.25, -0.2) is 13.9 Å². The Morgan fingerprint density at radius 1 is 1.04 bits per heavy atom. The fraction of sp³-hybridized carbons (Fsp3) is 0.667. The van der Waals surface area contributed by atoms with Crippen molar-refractivity contribution in [2.24, 2.45) is 5.41 Å². The topological polar surface area (TPSA) is 186 Å². The Kier molecular flexibility index (Phi) is 13.6. The zero-order valence-corrected chi connectivity index (χ0v) is 27.9. The van der Waals surface area contributed by atoms with Crippen LogP contribution in [0.4, 0.5) is 9.59 Å². The van der Waals surface area contributed by atoms with Crippen molar-refractivity contribution in [2.75, 3.05) is 32.7 Å². The minimum Gasteiger partial charge on any atom is -0.465 e. The SMILES string of the molecule is CC(C)(C)[C@](CCCCNC(=O)OCc1ccccc1)(NC(=O)O)C(=O)N1CC[C@@H]2[C@H]1C(=O)N2S(=O)(=O)O.CCN(CC)CC. The summed E-state index contributed by atoms with van der Waals surface area (Å²) in [5.74, 6) is -1.57. The summed E-state index contributed by atoms with van der Waals surface area (Å²) in [4.78, 5) is 53.8. The van der Waals surface area contributed by atoms with E-state index in [1.54, 1.807) is 20.8 Å². The maximum absolute atomic E-state index is 13.9. The molecule has 0 aromatic heterocycles. The molecule has 0 spiro atoms. The van der Waals surface area contributed by atoms with Crippen molar-refractivity contribution in [3.05, 3.63) is 35.9 Å². The number of alkyl carbamates (subject to hydrolysis) is 1. The van der Waals surface area contributed by atoms with Crippen LogP contribution >= 0.6 is 0 Å². The zero-order chi connectivity index (χ0) is 34.0. The van der Waals surface area contributed by atoms with Gasteiger partial charge in [-0.15, -0.1) is 0 Å². The van der Waals surface area contributed by atoms with Crippen LogP contribution in [0, 0.1) is 5.41 Å². The predicted molar refractivity (Wildman–Crippen MR) is 168 cm³/mol. The molecule has 0 unspecified atom stereocenters. The largest absolute Gasteiger partial charge is 0.465 e. The molecule has 0 bridgehead atoms. The molecule has 254 valence electrons. The fourth-order valence-electron chi connectivity index (χ4n) is 5.73. The van der Waals surface area contributed by atoms with E-state index >= 15 is 0 Å². The van der Waals surface area contributed by atoms with Gasteiger partial charge >= 0.3 is 22.5 Å². The molecule has 1 aromatic carbocycles. The lowest BCUT2D eigenvalue weighted by atomic mass is 9.69. The van der Waals surface area contributed by atoms with Gasteiger partial charge in [0, 0.05) is 13.1 Å². The summed E-state index contributed by atoms with van der Waals surface area (Å²) in [7, 11) is -4.76. The number of likely N-dealkylation sites (tertiary alicyclic amines) is 1. The number of carbonyl (C=O) groups is 4. The van der Waals surface area contributed by atoms with Crippen LogP contribution in [0.1, 0.15) is 72.8 Å². The van der Waals surface area contributed by atoms with Crippen molar-refractivity contribution in [3.63, 3.8) is 0 Å². The van der Waals surface area contributed by atoms with E-state index in [2.05, 4.69) is 36.3 Å². The number of nitrogens with one attached hydrogen (secondary N) is 2. The monoisotopic (exact) mass is 655 g/mol. The molecular formula is C30H49N5O9S. The molecule has 2 saturated heterocycles. The maximum Gasteiger partial charge on any atom is 0.407 e. The third-order valence-corrected chi connectivity index (χ3v) is 9.36. The number of β-lactam (4-membered cyclic amide) rings is 1. The highest BCUT2D eigenvalue weighted by molar-refractivity contribution is 7.84. The van der Waals surface area contributed by atoms with Crippen LogP contribution in [0.2, 0.25) is 0 Å². The Bertz CT molecular complexity index is 1260. The van der Waals surface area contributed by atoms with Crippen LogP contribution in [-0.2, 0) is 31.2 Å². The van der Waals surface area contributed by atoms with Crippen LogP contribution in [0.5, 0.6) is 0 Å². The van der Waals surface area contributed by atoms with Gasteiger partial charge < -0.3 is 30.3 Å². The molecule has 3 rings (SSSR count). The molecule has 0 radical (unpaired) electrons. The minimum absolute atomic E-state index is 0.0276. The number of unbranched alkanes of at least 4 members (excludes halogenated alkanes) is 1. The van der Waals surface area contributed by atoms with Crippen molar-refractivity contribution >= 4 is 34.3 Å². The molecule has 4 N–H and O–H groups in total. The number of hydrogen-bond acceptors (Lipinski definition) is 8. The summed E-state index contributed by atoms with van der Waals surface area (Å²) in [5.41, 5.74) is -1.73. The average Bonchev–Trinajstić information content (AvgIpc) is 3.33. The maximum atomic E-state index is 13.9. The number of benzene rings is 1. The highest BCUT2D eigenvalue weighted by Crippen LogP contribution is 2.42. The molecule has 14 nitrogen and oxygen atoms in total. The number of hydrogen-bond donors (Lipinski definition) is 4. The molecule has 15 heteroatoms. The summed E-state index contributed by atoms with van der Waals surface area (Å²) >= 11 is 0. The Morgan fingerprint density at radius 2 is 1.64 bits per heavy atom. The van der Waals surface area contributed by atoms with E-state index in [4.69, 9.17) is 4.74 Å². The van der Waals surface area contributed by atoms with Gasteiger partial charge in [0.05, 0.1) is 6.04 Å². The summed E-state index contributed by atoms with van der Waals surface area (Å²) < 4.78 is 37.9.